The van der Waals surface area contributed by atoms with Crippen LogP contribution in [0.5, 0.6) is 0 Å². The molecule has 7 heteroatoms. The van der Waals surface area contributed by atoms with Gasteiger partial charge in [0.15, 0.2) is 17.5 Å². The quantitative estimate of drug-likeness (QED) is 0.136. The van der Waals surface area contributed by atoms with Gasteiger partial charge in [-0.25, -0.2) is 15.0 Å². The number of aryl methyl sites for hydroxylation is 2. The van der Waals surface area contributed by atoms with E-state index < -0.39 is 0 Å². The van der Waals surface area contributed by atoms with Crippen molar-refractivity contribution in [2.75, 3.05) is 0 Å². The fraction of sp³-hybridized carbons (Fsp3) is 0.0517. The Bertz CT molecular complexity index is 3610. The van der Waals surface area contributed by atoms with Crippen LogP contribution in [0.4, 0.5) is 0 Å². The van der Waals surface area contributed by atoms with E-state index in [9.17, 15) is 0 Å². The number of hydrogen-bond acceptors (Lipinski definition) is 5. The van der Waals surface area contributed by atoms with Gasteiger partial charge in [0.05, 0.1) is 34.1 Å². The molecule has 0 unspecified atom stereocenters. The maximum atomic E-state index is 5.60. The van der Waals surface area contributed by atoms with E-state index in [0.717, 1.165) is 105 Å². The molecule has 7 nitrogen and oxygen atoms in total. The smallest absolute Gasteiger partial charge is 0.166 e. The van der Waals surface area contributed by atoms with Gasteiger partial charge in [0.2, 0.25) is 0 Å². The Kier molecular flexibility index (Phi) is 9.85. The van der Waals surface area contributed by atoms with Gasteiger partial charge in [0.25, 0.3) is 0 Å². The molecule has 0 amide bonds. The minimum Gasteiger partial charge on any atom is -0.312 e. The first kappa shape index (κ1) is 39.3. The number of para-hydroxylation sites is 4. The first-order valence-electron chi connectivity index (χ1n) is 21.8. The lowest BCUT2D eigenvalue weighted by molar-refractivity contribution is 1.03. The van der Waals surface area contributed by atoms with Gasteiger partial charge < -0.3 is 9.13 Å². The molecule has 0 radical (unpaired) electrons. The van der Waals surface area contributed by atoms with Crippen molar-refractivity contribution in [2.24, 2.45) is 4.99 Å². The molecule has 0 bridgehead atoms. The standard InChI is InChI=1S/C58H43N7/c1-37-18-8-10-22-41(37)47-26-16-28-49(54(47)64-39(3)43(32-34-59-4)44-24-12-14-30-51(44)64)57-61-56(40-20-6-5-7-21-40)62-58(63-57)50-29-17-27-48(42-23-11-9-19-38(42)2)55(50)65-52-31-15-13-25-45(52)46-33-35-60-36-53(46)65/h5-36H,4H2,1-3H3/b34-32-. The topological polar surface area (TPSA) is 73.8 Å². The van der Waals surface area contributed by atoms with Gasteiger partial charge in [-0.15, -0.1) is 0 Å². The van der Waals surface area contributed by atoms with Crippen molar-refractivity contribution in [3.8, 4) is 67.8 Å². The fourth-order valence-electron chi connectivity index (χ4n) is 9.53. The van der Waals surface area contributed by atoms with Gasteiger partial charge in [-0.1, -0.05) is 140 Å². The van der Waals surface area contributed by atoms with E-state index in [-0.39, 0.29) is 0 Å². The maximum absolute atomic E-state index is 5.60. The number of pyridine rings is 1. The molecule has 0 N–H and O–H groups in total. The van der Waals surface area contributed by atoms with Crippen LogP contribution in [-0.4, -0.2) is 35.8 Å². The molecule has 0 saturated carbocycles. The first-order chi connectivity index (χ1) is 32.0. The van der Waals surface area contributed by atoms with Crippen molar-refractivity contribution in [1.29, 1.82) is 0 Å². The summed E-state index contributed by atoms with van der Waals surface area (Å²) in [7, 11) is 0. The van der Waals surface area contributed by atoms with Gasteiger partial charge in [-0.2, -0.15) is 0 Å². The summed E-state index contributed by atoms with van der Waals surface area (Å²) in [5.74, 6) is 1.68. The summed E-state index contributed by atoms with van der Waals surface area (Å²) in [6, 6.07) is 59.4. The molecule has 0 atom stereocenters. The monoisotopic (exact) mass is 837 g/mol. The van der Waals surface area contributed by atoms with Crippen molar-refractivity contribution in [3.63, 3.8) is 0 Å². The van der Waals surface area contributed by atoms with Gasteiger partial charge in [-0.05, 0) is 86.2 Å². The second kappa shape index (κ2) is 16.3. The van der Waals surface area contributed by atoms with E-state index in [1.54, 1.807) is 6.20 Å². The lowest BCUT2D eigenvalue weighted by atomic mass is 9.95. The number of hydrogen-bond donors (Lipinski definition) is 0. The Labute approximate surface area is 377 Å². The molecule has 11 aromatic rings. The molecule has 0 aliphatic carbocycles. The number of rotatable bonds is 9. The summed E-state index contributed by atoms with van der Waals surface area (Å²) in [4.78, 5) is 25.2. The Morgan fingerprint density at radius 2 is 0.938 bits per heavy atom. The van der Waals surface area contributed by atoms with E-state index in [1.165, 1.54) is 0 Å². The van der Waals surface area contributed by atoms with Crippen LogP contribution in [0.15, 0.2) is 193 Å². The lowest BCUT2D eigenvalue weighted by Crippen LogP contribution is -2.08. The molecule has 0 saturated heterocycles. The lowest BCUT2D eigenvalue weighted by Gasteiger charge is -2.21. The second-order valence-electron chi connectivity index (χ2n) is 16.3. The van der Waals surface area contributed by atoms with Gasteiger partial charge >= 0.3 is 0 Å². The zero-order valence-corrected chi connectivity index (χ0v) is 36.3. The minimum absolute atomic E-state index is 0.552. The Balaban J connectivity index is 1.27. The molecule has 4 aromatic heterocycles. The van der Waals surface area contributed by atoms with Crippen molar-refractivity contribution >= 4 is 45.5 Å². The summed E-state index contributed by atoms with van der Waals surface area (Å²) in [5, 5.41) is 3.37. The Hall–Kier alpha value is -8.55. The van der Waals surface area contributed by atoms with Crippen molar-refractivity contribution < 1.29 is 0 Å². The molecule has 0 aliphatic rings. The average molecular weight is 838 g/mol. The summed E-state index contributed by atoms with van der Waals surface area (Å²) in [5.41, 5.74) is 16.5. The number of nitrogens with zero attached hydrogens (tertiary/aromatic N) is 7. The van der Waals surface area contributed by atoms with E-state index in [1.807, 2.05) is 36.7 Å². The van der Waals surface area contributed by atoms with Gasteiger partial charge in [0.1, 0.15) is 0 Å². The molecular formula is C58H43N7. The minimum atomic E-state index is 0.552. The molecule has 7 aromatic carbocycles. The van der Waals surface area contributed by atoms with Crippen LogP contribution in [-0.2, 0) is 0 Å². The van der Waals surface area contributed by atoms with E-state index in [2.05, 4.69) is 198 Å². The highest BCUT2D eigenvalue weighted by molar-refractivity contribution is 6.10. The normalized spacial score (nSPS) is 11.6. The molecule has 0 spiro atoms. The summed E-state index contributed by atoms with van der Waals surface area (Å²) >= 11 is 0. The van der Waals surface area contributed by atoms with Crippen LogP contribution in [0.2, 0.25) is 0 Å². The Morgan fingerprint density at radius 3 is 1.57 bits per heavy atom. The van der Waals surface area contributed by atoms with Crippen molar-refractivity contribution in [3.05, 3.63) is 211 Å². The SMILES string of the molecule is C=N/C=C\c1c(C)n(-c2c(-c3nc(-c4ccccc4)nc(-c4cccc(-c5ccccc5C)c4-n4c5ccccc5c5ccncc54)n3)cccc2-c2ccccc2C)c2ccccc12. The zero-order chi connectivity index (χ0) is 44.0. The Morgan fingerprint density at radius 1 is 0.446 bits per heavy atom. The number of aliphatic imine (C=N–C) groups is 1. The molecule has 310 valence electrons. The third kappa shape index (κ3) is 6.64. The zero-order valence-electron chi connectivity index (χ0n) is 36.3. The molecule has 11 rings (SSSR count). The highest BCUT2D eigenvalue weighted by atomic mass is 15.1. The summed E-state index contributed by atoms with van der Waals surface area (Å²) < 4.78 is 4.70. The van der Waals surface area contributed by atoms with Crippen LogP contribution in [0.25, 0.3) is 107 Å². The molecule has 0 fully saturated rings. The highest BCUT2D eigenvalue weighted by Crippen LogP contribution is 2.44. The number of aromatic nitrogens is 6. The molecule has 4 heterocycles. The molecule has 65 heavy (non-hydrogen) atoms. The summed E-state index contributed by atoms with van der Waals surface area (Å²) in [6.45, 7) is 10.2. The number of fused-ring (bicyclic) bond motifs is 4. The van der Waals surface area contributed by atoms with Crippen LogP contribution >= 0.6 is 0 Å². The average Bonchev–Trinajstić information content (AvgIpc) is 3.83. The highest BCUT2D eigenvalue weighted by Gasteiger charge is 2.26. The van der Waals surface area contributed by atoms with E-state index >= 15 is 0 Å². The van der Waals surface area contributed by atoms with Gasteiger partial charge in [-0.3, -0.25) is 9.98 Å². The number of benzene rings is 7. The predicted octanol–water partition coefficient (Wildman–Crippen LogP) is 14.2. The molecular weight excluding hydrogens is 795 g/mol. The van der Waals surface area contributed by atoms with Crippen LogP contribution in [0.1, 0.15) is 22.4 Å². The van der Waals surface area contributed by atoms with E-state index in [4.69, 9.17) is 15.0 Å². The van der Waals surface area contributed by atoms with E-state index in [0.29, 0.717) is 17.5 Å². The predicted molar refractivity (Wildman–Crippen MR) is 269 cm³/mol. The first-order valence-corrected chi connectivity index (χ1v) is 21.8. The largest absolute Gasteiger partial charge is 0.312 e. The van der Waals surface area contributed by atoms with Crippen molar-refractivity contribution in [1.82, 2.24) is 29.1 Å². The van der Waals surface area contributed by atoms with Crippen LogP contribution < -0.4 is 0 Å². The third-order valence-electron chi connectivity index (χ3n) is 12.5. The van der Waals surface area contributed by atoms with Crippen LogP contribution in [0.3, 0.4) is 0 Å². The maximum Gasteiger partial charge on any atom is 0.166 e. The summed E-state index contributed by atoms with van der Waals surface area (Å²) in [6.07, 6.45) is 7.63. The van der Waals surface area contributed by atoms with Gasteiger partial charge in [0, 0.05) is 67.6 Å². The van der Waals surface area contributed by atoms with Crippen molar-refractivity contribution in [2.45, 2.75) is 20.8 Å². The molecule has 0 aliphatic heterocycles. The third-order valence-corrected chi connectivity index (χ3v) is 12.5. The van der Waals surface area contributed by atoms with Crippen LogP contribution in [0, 0.1) is 20.8 Å². The second-order valence-corrected chi connectivity index (χ2v) is 16.3. The fourth-order valence-corrected chi connectivity index (χ4v) is 9.53.